The Kier molecular flexibility index (Phi) is 4.54. The van der Waals surface area contributed by atoms with Crippen LogP contribution in [0.2, 0.25) is 0 Å². The standard InChI is InChI=1S/C15H24N6O/c1-4-13-7-14(21-15(19-13)17-10-18-21)16-5-6-20-8-11(2)22-12(3)9-20/h7,10-12,16H,4-6,8-9H2,1-3H3/t11-,12-/m1/s1. The normalized spacial score (nSPS) is 23.0. The third-order valence-corrected chi connectivity index (χ3v) is 3.90. The monoisotopic (exact) mass is 304 g/mol. The Bertz CT molecular complexity index is 618. The maximum atomic E-state index is 5.77. The van der Waals surface area contributed by atoms with Crippen LogP contribution in [0.4, 0.5) is 5.82 Å². The second kappa shape index (κ2) is 6.58. The predicted octanol–water partition coefficient (Wildman–Crippen LogP) is 1.21. The topological polar surface area (TPSA) is 67.6 Å². The molecule has 2 aromatic rings. The van der Waals surface area contributed by atoms with Gasteiger partial charge in [0.25, 0.3) is 5.78 Å². The summed E-state index contributed by atoms with van der Waals surface area (Å²) in [5.41, 5.74) is 1.02. The molecule has 2 aromatic heterocycles. The molecule has 3 heterocycles. The van der Waals surface area contributed by atoms with E-state index in [1.165, 1.54) is 6.33 Å². The zero-order valence-electron chi connectivity index (χ0n) is 13.5. The number of aromatic nitrogens is 4. The van der Waals surface area contributed by atoms with Crippen LogP contribution in [0, 0.1) is 0 Å². The average Bonchev–Trinajstić information content (AvgIpc) is 2.94. The summed E-state index contributed by atoms with van der Waals surface area (Å²) in [5.74, 6) is 1.60. The first-order valence-corrected chi connectivity index (χ1v) is 7.97. The molecule has 120 valence electrons. The van der Waals surface area contributed by atoms with Gasteiger partial charge in [0.2, 0.25) is 0 Å². The molecule has 0 aromatic carbocycles. The minimum Gasteiger partial charge on any atom is -0.373 e. The van der Waals surface area contributed by atoms with Gasteiger partial charge in [0.05, 0.1) is 12.2 Å². The third kappa shape index (κ3) is 3.36. The molecule has 7 nitrogen and oxygen atoms in total. The predicted molar refractivity (Wildman–Crippen MR) is 85.1 cm³/mol. The van der Waals surface area contributed by atoms with Crippen LogP contribution >= 0.6 is 0 Å². The van der Waals surface area contributed by atoms with Crippen molar-refractivity contribution in [2.45, 2.75) is 39.4 Å². The number of hydrogen-bond donors (Lipinski definition) is 1. The minimum atomic E-state index is 0.304. The highest BCUT2D eigenvalue weighted by Gasteiger charge is 2.21. The third-order valence-electron chi connectivity index (χ3n) is 3.90. The molecule has 3 rings (SSSR count). The molecule has 0 bridgehead atoms. The second-order valence-corrected chi connectivity index (χ2v) is 5.90. The summed E-state index contributed by atoms with van der Waals surface area (Å²) in [5, 5.41) is 7.69. The van der Waals surface area contributed by atoms with Crippen LogP contribution in [0.5, 0.6) is 0 Å². The van der Waals surface area contributed by atoms with Crippen LogP contribution in [-0.4, -0.2) is 62.9 Å². The molecule has 1 fully saturated rings. The number of fused-ring (bicyclic) bond motifs is 1. The van der Waals surface area contributed by atoms with Gasteiger partial charge in [0.1, 0.15) is 12.1 Å². The largest absolute Gasteiger partial charge is 0.373 e. The van der Waals surface area contributed by atoms with Gasteiger partial charge in [0.15, 0.2) is 0 Å². The van der Waals surface area contributed by atoms with E-state index >= 15 is 0 Å². The Hall–Kier alpha value is -1.73. The van der Waals surface area contributed by atoms with E-state index in [4.69, 9.17) is 4.74 Å². The molecule has 1 aliphatic heterocycles. The van der Waals surface area contributed by atoms with E-state index in [0.717, 1.165) is 44.1 Å². The van der Waals surface area contributed by atoms with E-state index in [9.17, 15) is 0 Å². The number of nitrogens with zero attached hydrogens (tertiary/aromatic N) is 5. The van der Waals surface area contributed by atoms with Crippen molar-refractivity contribution in [2.24, 2.45) is 0 Å². The van der Waals surface area contributed by atoms with Crippen molar-refractivity contribution < 1.29 is 4.74 Å². The molecule has 0 unspecified atom stereocenters. The number of ether oxygens (including phenoxy) is 1. The summed E-state index contributed by atoms with van der Waals surface area (Å²) in [7, 11) is 0. The fraction of sp³-hybridized carbons (Fsp3) is 0.667. The zero-order chi connectivity index (χ0) is 15.5. The number of morpholine rings is 1. The highest BCUT2D eigenvalue weighted by molar-refractivity contribution is 5.44. The maximum Gasteiger partial charge on any atom is 0.254 e. The Morgan fingerprint density at radius 1 is 1.32 bits per heavy atom. The number of rotatable bonds is 5. The minimum absolute atomic E-state index is 0.304. The van der Waals surface area contributed by atoms with Crippen molar-refractivity contribution >= 4 is 11.6 Å². The second-order valence-electron chi connectivity index (χ2n) is 5.90. The molecule has 0 saturated carbocycles. The summed E-state index contributed by atoms with van der Waals surface area (Å²) >= 11 is 0. The van der Waals surface area contributed by atoms with E-state index in [1.807, 2.05) is 6.07 Å². The van der Waals surface area contributed by atoms with Gasteiger partial charge < -0.3 is 10.1 Å². The summed E-state index contributed by atoms with van der Waals surface area (Å²) in [6.45, 7) is 10.2. The first-order valence-electron chi connectivity index (χ1n) is 7.97. The van der Waals surface area contributed by atoms with Crippen LogP contribution in [0.25, 0.3) is 5.78 Å². The van der Waals surface area contributed by atoms with Gasteiger partial charge in [-0.05, 0) is 20.3 Å². The van der Waals surface area contributed by atoms with E-state index in [2.05, 4.69) is 46.1 Å². The molecular formula is C15H24N6O. The molecule has 0 spiro atoms. The summed E-state index contributed by atoms with van der Waals surface area (Å²) in [4.78, 5) is 11.1. The lowest BCUT2D eigenvalue weighted by atomic mass is 10.2. The molecule has 0 amide bonds. The Labute approximate surface area is 130 Å². The van der Waals surface area contributed by atoms with Crippen molar-refractivity contribution in [3.8, 4) is 0 Å². The van der Waals surface area contributed by atoms with Crippen molar-refractivity contribution in [1.82, 2.24) is 24.5 Å². The number of hydrogen-bond acceptors (Lipinski definition) is 6. The Balaban J connectivity index is 1.63. The van der Waals surface area contributed by atoms with Crippen LogP contribution in [0.3, 0.4) is 0 Å². The lowest BCUT2D eigenvalue weighted by Crippen LogP contribution is -2.46. The fourth-order valence-electron chi connectivity index (χ4n) is 2.98. The first kappa shape index (κ1) is 15.2. The maximum absolute atomic E-state index is 5.77. The molecule has 0 aliphatic carbocycles. The molecule has 7 heteroatoms. The highest BCUT2D eigenvalue weighted by atomic mass is 16.5. The van der Waals surface area contributed by atoms with E-state index in [1.54, 1.807) is 4.52 Å². The van der Waals surface area contributed by atoms with Gasteiger partial charge in [-0.3, -0.25) is 4.90 Å². The van der Waals surface area contributed by atoms with Gasteiger partial charge in [-0.25, -0.2) is 4.98 Å². The van der Waals surface area contributed by atoms with Gasteiger partial charge in [-0.1, -0.05) is 6.92 Å². The van der Waals surface area contributed by atoms with Crippen LogP contribution < -0.4 is 5.32 Å². The van der Waals surface area contributed by atoms with Crippen molar-refractivity contribution in [3.05, 3.63) is 18.1 Å². The molecular weight excluding hydrogens is 280 g/mol. The number of aryl methyl sites for hydroxylation is 1. The van der Waals surface area contributed by atoms with E-state index in [-0.39, 0.29) is 0 Å². The Morgan fingerprint density at radius 3 is 2.82 bits per heavy atom. The van der Waals surface area contributed by atoms with Gasteiger partial charge in [-0.2, -0.15) is 14.6 Å². The summed E-state index contributed by atoms with van der Waals surface area (Å²) < 4.78 is 7.52. The van der Waals surface area contributed by atoms with Crippen molar-refractivity contribution in [2.75, 3.05) is 31.5 Å². The highest BCUT2D eigenvalue weighted by Crippen LogP contribution is 2.12. The lowest BCUT2D eigenvalue weighted by molar-refractivity contribution is -0.0667. The average molecular weight is 304 g/mol. The molecule has 0 radical (unpaired) electrons. The van der Waals surface area contributed by atoms with Crippen molar-refractivity contribution in [3.63, 3.8) is 0 Å². The zero-order valence-corrected chi connectivity index (χ0v) is 13.5. The summed E-state index contributed by atoms with van der Waals surface area (Å²) in [6, 6.07) is 2.05. The molecule has 1 saturated heterocycles. The smallest absolute Gasteiger partial charge is 0.254 e. The molecule has 1 N–H and O–H groups in total. The van der Waals surface area contributed by atoms with Crippen LogP contribution in [0.15, 0.2) is 12.4 Å². The number of nitrogens with one attached hydrogen (secondary N) is 1. The van der Waals surface area contributed by atoms with Gasteiger partial charge >= 0.3 is 0 Å². The first-order chi connectivity index (χ1) is 10.7. The summed E-state index contributed by atoms with van der Waals surface area (Å²) in [6.07, 6.45) is 3.03. The number of anilines is 1. The quantitative estimate of drug-likeness (QED) is 0.895. The fourth-order valence-corrected chi connectivity index (χ4v) is 2.98. The molecule has 22 heavy (non-hydrogen) atoms. The van der Waals surface area contributed by atoms with Gasteiger partial charge in [0, 0.05) is 37.9 Å². The van der Waals surface area contributed by atoms with Crippen LogP contribution in [0.1, 0.15) is 26.5 Å². The van der Waals surface area contributed by atoms with Gasteiger partial charge in [-0.15, -0.1) is 0 Å². The van der Waals surface area contributed by atoms with Crippen molar-refractivity contribution in [1.29, 1.82) is 0 Å². The van der Waals surface area contributed by atoms with E-state index < -0.39 is 0 Å². The molecule has 1 aliphatic rings. The Morgan fingerprint density at radius 2 is 2.09 bits per heavy atom. The molecule has 2 atom stereocenters. The lowest BCUT2D eigenvalue weighted by Gasteiger charge is -2.35. The van der Waals surface area contributed by atoms with Crippen LogP contribution in [-0.2, 0) is 11.2 Å². The SMILES string of the molecule is CCc1cc(NCCN2C[C@@H](C)O[C@H](C)C2)n2ncnc2n1. The van der Waals surface area contributed by atoms with E-state index in [0.29, 0.717) is 18.0 Å².